The van der Waals surface area contributed by atoms with E-state index >= 15 is 0 Å². The monoisotopic (exact) mass is 258 g/mol. The maximum absolute atomic E-state index is 4.30. The van der Waals surface area contributed by atoms with Crippen LogP contribution in [0.4, 0.5) is 5.95 Å². The molecule has 0 aromatic carbocycles. The molecule has 1 saturated heterocycles. The Morgan fingerprint density at radius 2 is 2.00 bits per heavy atom. The molecule has 3 heterocycles. The highest BCUT2D eigenvalue weighted by Gasteiger charge is 2.20. The molecule has 3 rings (SSSR count). The number of piperidine rings is 1. The van der Waals surface area contributed by atoms with Gasteiger partial charge in [0.2, 0.25) is 5.95 Å². The lowest BCUT2D eigenvalue weighted by Crippen LogP contribution is -2.42. The molecule has 6 heteroatoms. The van der Waals surface area contributed by atoms with Gasteiger partial charge in [-0.15, -0.1) is 0 Å². The van der Waals surface area contributed by atoms with Gasteiger partial charge < -0.3 is 10.2 Å². The average Bonchev–Trinajstić information content (AvgIpc) is 3.00. The summed E-state index contributed by atoms with van der Waals surface area (Å²) < 4.78 is 0. The molecule has 6 nitrogen and oxygen atoms in total. The molecule has 19 heavy (non-hydrogen) atoms. The Labute approximate surface area is 112 Å². The third kappa shape index (κ3) is 3.08. The molecule has 2 aromatic rings. The molecule has 0 saturated carbocycles. The van der Waals surface area contributed by atoms with E-state index in [1.54, 1.807) is 18.6 Å². The first-order valence-electron chi connectivity index (χ1n) is 6.65. The van der Waals surface area contributed by atoms with Gasteiger partial charge in [0.25, 0.3) is 0 Å². The van der Waals surface area contributed by atoms with E-state index in [-0.39, 0.29) is 0 Å². The van der Waals surface area contributed by atoms with Gasteiger partial charge in [0.15, 0.2) is 0 Å². The summed E-state index contributed by atoms with van der Waals surface area (Å²) in [5, 5.41) is 10.5. The second kappa shape index (κ2) is 5.79. The van der Waals surface area contributed by atoms with E-state index in [4.69, 9.17) is 0 Å². The minimum absolute atomic E-state index is 0.559. The van der Waals surface area contributed by atoms with Crippen LogP contribution in [0.3, 0.4) is 0 Å². The lowest BCUT2D eigenvalue weighted by Gasteiger charge is -2.32. The van der Waals surface area contributed by atoms with Crippen LogP contribution in [0.5, 0.6) is 0 Å². The van der Waals surface area contributed by atoms with Crippen LogP contribution in [-0.2, 0) is 6.54 Å². The van der Waals surface area contributed by atoms with Gasteiger partial charge in [0, 0.05) is 50.0 Å². The molecule has 100 valence electrons. The van der Waals surface area contributed by atoms with Crippen molar-refractivity contribution in [3.05, 3.63) is 36.4 Å². The van der Waals surface area contributed by atoms with Gasteiger partial charge >= 0.3 is 0 Å². The second-order valence-corrected chi connectivity index (χ2v) is 4.77. The van der Waals surface area contributed by atoms with Gasteiger partial charge in [-0.1, -0.05) is 0 Å². The van der Waals surface area contributed by atoms with Crippen LogP contribution in [0.1, 0.15) is 18.5 Å². The van der Waals surface area contributed by atoms with Crippen molar-refractivity contribution in [2.24, 2.45) is 0 Å². The molecule has 0 bridgehead atoms. The normalized spacial score (nSPS) is 16.7. The number of nitrogens with zero attached hydrogens (tertiary/aromatic N) is 4. The van der Waals surface area contributed by atoms with Crippen molar-refractivity contribution >= 4 is 5.95 Å². The molecule has 0 radical (unpaired) electrons. The second-order valence-electron chi connectivity index (χ2n) is 4.77. The zero-order valence-corrected chi connectivity index (χ0v) is 10.8. The summed E-state index contributed by atoms with van der Waals surface area (Å²) in [5.41, 5.74) is 1.13. The van der Waals surface area contributed by atoms with Gasteiger partial charge in [0.05, 0.1) is 0 Å². The van der Waals surface area contributed by atoms with E-state index in [9.17, 15) is 0 Å². The van der Waals surface area contributed by atoms with Gasteiger partial charge in [-0.05, 0) is 25.0 Å². The van der Waals surface area contributed by atoms with E-state index in [0.717, 1.165) is 44.1 Å². The zero-order valence-electron chi connectivity index (χ0n) is 10.8. The molecule has 0 aliphatic carbocycles. The fourth-order valence-electron chi connectivity index (χ4n) is 2.38. The third-order valence-electron chi connectivity index (χ3n) is 3.47. The van der Waals surface area contributed by atoms with Crippen molar-refractivity contribution in [3.63, 3.8) is 0 Å². The van der Waals surface area contributed by atoms with Crippen molar-refractivity contribution in [1.82, 2.24) is 25.5 Å². The highest BCUT2D eigenvalue weighted by Crippen LogP contribution is 2.15. The van der Waals surface area contributed by atoms with E-state index in [1.165, 1.54) is 0 Å². The number of aromatic amines is 1. The predicted octanol–water partition coefficient (Wildman–Crippen LogP) is 0.958. The van der Waals surface area contributed by atoms with Crippen molar-refractivity contribution in [2.45, 2.75) is 25.4 Å². The fourth-order valence-corrected chi connectivity index (χ4v) is 2.38. The summed E-state index contributed by atoms with van der Waals surface area (Å²) in [6.45, 7) is 2.86. The lowest BCUT2D eigenvalue weighted by molar-refractivity contribution is 0.409. The van der Waals surface area contributed by atoms with E-state index < -0.39 is 0 Å². The Kier molecular flexibility index (Phi) is 3.69. The Hall–Kier alpha value is -1.95. The molecule has 1 aliphatic rings. The predicted molar refractivity (Wildman–Crippen MR) is 72.7 cm³/mol. The minimum Gasteiger partial charge on any atom is -0.341 e. The molecule has 0 unspecified atom stereocenters. The van der Waals surface area contributed by atoms with Crippen LogP contribution in [0.25, 0.3) is 0 Å². The van der Waals surface area contributed by atoms with Crippen molar-refractivity contribution < 1.29 is 0 Å². The molecule has 0 spiro atoms. The van der Waals surface area contributed by atoms with Crippen LogP contribution in [0.15, 0.2) is 30.7 Å². The van der Waals surface area contributed by atoms with Crippen molar-refractivity contribution in [2.75, 3.05) is 18.0 Å². The number of hydrogen-bond donors (Lipinski definition) is 2. The van der Waals surface area contributed by atoms with E-state index in [2.05, 4.69) is 30.4 Å². The van der Waals surface area contributed by atoms with Gasteiger partial charge in [0.1, 0.15) is 0 Å². The molecule has 2 N–H and O–H groups in total. The maximum Gasteiger partial charge on any atom is 0.225 e. The summed E-state index contributed by atoms with van der Waals surface area (Å²) in [6, 6.07) is 4.41. The van der Waals surface area contributed by atoms with Crippen LogP contribution in [0.2, 0.25) is 0 Å². The lowest BCUT2D eigenvalue weighted by atomic mass is 10.1. The van der Waals surface area contributed by atoms with Crippen LogP contribution in [0, 0.1) is 0 Å². The summed E-state index contributed by atoms with van der Waals surface area (Å²) in [7, 11) is 0. The Morgan fingerprint density at radius 1 is 1.21 bits per heavy atom. The molecule has 2 aromatic heterocycles. The average molecular weight is 258 g/mol. The van der Waals surface area contributed by atoms with E-state index in [0.29, 0.717) is 6.04 Å². The first-order chi connectivity index (χ1) is 9.42. The Morgan fingerprint density at radius 3 is 2.68 bits per heavy atom. The van der Waals surface area contributed by atoms with Crippen molar-refractivity contribution in [3.8, 4) is 0 Å². The third-order valence-corrected chi connectivity index (χ3v) is 3.47. The fraction of sp³-hybridized carbons (Fsp3) is 0.462. The summed E-state index contributed by atoms with van der Waals surface area (Å²) in [6.07, 6.45) is 7.61. The van der Waals surface area contributed by atoms with Gasteiger partial charge in [-0.3, -0.25) is 5.10 Å². The highest BCUT2D eigenvalue weighted by molar-refractivity contribution is 5.29. The quantitative estimate of drug-likeness (QED) is 0.854. The van der Waals surface area contributed by atoms with E-state index in [1.807, 2.05) is 12.1 Å². The Bertz CT molecular complexity index is 475. The molecular formula is C13H18N6. The Balaban J connectivity index is 1.47. The first kappa shape index (κ1) is 12.1. The number of H-pyrrole nitrogens is 1. The molecule has 1 aliphatic heterocycles. The van der Waals surface area contributed by atoms with Crippen LogP contribution < -0.4 is 10.2 Å². The van der Waals surface area contributed by atoms with Gasteiger partial charge in [-0.2, -0.15) is 5.10 Å². The highest BCUT2D eigenvalue weighted by atomic mass is 15.3. The number of nitrogens with one attached hydrogen (secondary N) is 2. The number of aromatic nitrogens is 4. The summed E-state index contributed by atoms with van der Waals surface area (Å²) in [4.78, 5) is 10.8. The standard InChI is InChI=1S/C13H18N6/c1-5-14-13(15-6-1)19-8-3-11(4-9-19)16-10-12-2-7-17-18-12/h1-2,5-7,11,16H,3-4,8-10H2,(H,17,18). The maximum atomic E-state index is 4.30. The molecule has 0 atom stereocenters. The minimum atomic E-state index is 0.559. The summed E-state index contributed by atoms with van der Waals surface area (Å²) in [5.74, 6) is 0.842. The number of rotatable bonds is 4. The zero-order chi connectivity index (χ0) is 12.9. The van der Waals surface area contributed by atoms with Crippen molar-refractivity contribution in [1.29, 1.82) is 0 Å². The van der Waals surface area contributed by atoms with Crippen LogP contribution >= 0.6 is 0 Å². The van der Waals surface area contributed by atoms with Gasteiger partial charge in [-0.25, -0.2) is 9.97 Å². The number of hydrogen-bond acceptors (Lipinski definition) is 5. The van der Waals surface area contributed by atoms with Crippen LogP contribution in [-0.4, -0.2) is 39.3 Å². The number of anilines is 1. The first-order valence-corrected chi connectivity index (χ1v) is 6.65. The summed E-state index contributed by atoms with van der Waals surface area (Å²) >= 11 is 0. The SMILES string of the molecule is c1cnc(N2CCC(NCc3ccn[nH]3)CC2)nc1. The largest absolute Gasteiger partial charge is 0.341 e. The topological polar surface area (TPSA) is 69.7 Å². The smallest absolute Gasteiger partial charge is 0.225 e. The molecule has 1 fully saturated rings. The molecular weight excluding hydrogens is 240 g/mol. The molecule has 0 amide bonds.